The van der Waals surface area contributed by atoms with Gasteiger partial charge in [-0.1, -0.05) is 12.1 Å². The number of carboxylic acids is 1. The van der Waals surface area contributed by atoms with Crippen molar-refractivity contribution in [1.82, 2.24) is 4.31 Å². The summed E-state index contributed by atoms with van der Waals surface area (Å²) in [5.74, 6) is -1.73. The molecule has 20 heavy (non-hydrogen) atoms. The quantitative estimate of drug-likeness (QED) is 0.791. The number of carbonyl (C=O) groups is 2. The number of benzene rings is 1. The molecule has 0 aliphatic carbocycles. The minimum absolute atomic E-state index is 0.00691. The molecule has 2 rings (SSSR count). The molecule has 0 spiro atoms. The summed E-state index contributed by atoms with van der Waals surface area (Å²) in [4.78, 5) is 22.6. The van der Waals surface area contributed by atoms with Crippen LogP contribution in [0, 0.1) is 0 Å². The second-order valence-electron chi connectivity index (χ2n) is 4.47. The fraction of sp³-hybridized carbons (Fsp3) is 0.333. The number of carboxylic acid groups (broad SMARTS) is 1. The van der Waals surface area contributed by atoms with Gasteiger partial charge in [0.15, 0.2) is 0 Å². The number of carbonyl (C=O) groups excluding carboxylic acids is 1. The van der Waals surface area contributed by atoms with Gasteiger partial charge in [-0.3, -0.25) is 9.59 Å². The highest BCUT2D eigenvalue weighted by atomic mass is 32.2. The minimum Gasteiger partial charge on any atom is -0.480 e. The number of aliphatic carboxylic acids is 1. The van der Waals surface area contributed by atoms with Crippen LogP contribution in [0.4, 0.5) is 0 Å². The van der Waals surface area contributed by atoms with Gasteiger partial charge in [-0.05, 0) is 25.0 Å². The van der Waals surface area contributed by atoms with E-state index in [4.69, 9.17) is 10.8 Å². The Morgan fingerprint density at radius 2 is 2.00 bits per heavy atom. The van der Waals surface area contributed by atoms with E-state index in [-0.39, 0.29) is 29.8 Å². The summed E-state index contributed by atoms with van der Waals surface area (Å²) in [5.41, 5.74) is 5.48. The SMILES string of the molecule is N[C@H](CCCN1C(=O)c2ccccc2S1(=O)=O)C(=O)O. The zero-order valence-electron chi connectivity index (χ0n) is 10.5. The van der Waals surface area contributed by atoms with Crippen molar-refractivity contribution < 1.29 is 23.1 Å². The van der Waals surface area contributed by atoms with Gasteiger partial charge in [-0.2, -0.15) is 0 Å². The molecule has 0 radical (unpaired) electrons. The highest BCUT2D eigenvalue weighted by Gasteiger charge is 2.40. The standard InChI is InChI=1S/C12H14N2O5S/c13-9(12(16)17)5-3-7-14-11(15)8-4-1-2-6-10(8)20(14,18)19/h1-2,4,6,9H,3,5,7,13H2,(H,16,17)/t9-/m1/s1. The molecule has 1 aromatic rings. The van der Waals surface area contributed by atoms with E-state index in [1.807, 2.05) is 0 Å². The van der Waals surface area contributed by atoms with E-state index in [0.29, 0.717) is 0 Å². The number of hydrogen-bond donors (Lipinski definition) is 2. The topological polar surface area (TPSA) is 118 Å². The molecule has 0 unspecified atom stereocenters. The molecule has 0 fully saturated rings. The van der Waals surface area contributed by atoms with E-state index in [2.05, 4.69) is 0 Å². The molecule has 108 valence electrons. The van der Waals surface area contributed by atoms with Crippen molar-refractivity contribution in [3.05, 3.63) is 29.8 Å². The van der Waals surface area contributed by atoms with E-state index in [9.17, 15) is 18.0 Å². The highest BCUT2D eigenvalue weighted by Crippen LogP contribution is 2.29. The molecular weight excluding hydrogens is 284 g/mol. The molecular formula is C12H14N2O5S. The van der Waals surface area contributed by atoms with Crippen molar-refractivity contribution in [2.75, 3.05) is 6.54 Å². The summed E-state index contributed by atoms with van der Waals surface area (Å²) in [6.45, 7) is -0.0726. The van der Waals surface area contributed by atoms with Crippen LogP contribution >= 0.6 is 0 Å². The molecule has 3 N–H and O–H groups in total. The lowest BCUT2D eigenvalue weighted by molar-refractivity contribution is -0.138. The van der Waals surface area contributed by atoms with Crippen LogP contribution in [-0.4, -0.2) is 42.3 Å². The summed E-state index contributed by atoms with van der Waals surface area (Å²) in [6.07, 6.45) is 0.303. The van der Waals surface area contributed by atoms with Crippen molar-refractivity contribution in [3.8, 4) is 0 Å². The van der Waals surface area contributed by atoms with Crippen molar-refractivity contribution in [2.45, 2.75) is 23.8 Å². The van der Waals surface area contributed by atoms with Gasteiger partial charge in [0.05, 0.1) is 5.56 Å². The molecule has 0 bridgehead atoms. The lowest BCUT2D eigenvalue weighted by Crippen LogP contribution is -2.34. The predicted molar refractivity (Wildman–Crippen MR) is 69.5 cm³/mol. The van der Waals surface area contributed by atoms with Crippen LogP contribution in [0.3, 0.4) is 0 Å². The first kappa shape index (κ1) is 14.5. The first-order valence-electron chi connectivity index (χ1n) is 6.00. The van der Waals surface area contributed by atoms with Crippen molar-refractivity contribution in [1.29, 1.82) is 0 Å². The predicted octanol–water partition coefficient (Wildman–Crippen LogP) is 0.0232. The number of sulfonamides is 1. The lowest BCUT2D eigenvalue weighted by Gasteiger charge is -2.15. The fourth-order valence-electron chi connectivity index (χ4n) is 2.03. The number of nitrogens with two attached hydrogens (primary N) is 1. The monoisotopic (exact) mass is 298 g/mol. The number of hydrogen-bond acceptors (Lipinski definition) is 5. The lowest BCUT2D eigenvalue weighted by atomic mass is 10.1. The second kappa shape index (κ2) is 5.22. The molecule has 7 nitrogen and oxygen atoms in total. The number of amides is 1. The molecule has 1 atom stereocenters. The number of nitrogens with zero attached hydrogens (tertiary/aromatic N) is 1. The van der Waals surface area contributed by atoms with Crippen LogP contribution in [-0.2, 0) is 14.8 Å². The molecule has 0 aromatic heterocycles. The van der Waals surface area contributed by atoms with Crippen LogP contribution in [0.25, 0.3) is 0 Å². The fourth-order valence-corrected chi connectivity index (χ4v) is 3.64. The van der Waals surface area contributed by atoms with Crippen molar-refractivity contribution >= 4 is 21.9 Å². The van der Waals surface area contributed by atoms with Gasteiger partial charge in [0.25, 0.3) is 15.9 Å². The summed E-state index contributed by atoms with van der Waals surface area (Å²) >= 11 is 0. The molecule has 1 aliphatic rings. The van der Waals surface area contributed by atoms with E-state index in [1.165, 1.54) is 12.1 Å². The summed E-state index contributed by atoms with van der Waals surface area (Å²) in [7, 11) is -3.82. The molecule has 1 amide bonds. The van der Waals surface area contributed by atoms with Crippen LogP contribution in [0.15, 0.2) is 29.2 Å². The Bertz CT molecular complexity index is 656. The van der Waals surface area contributed by atoms with E-state index < -0.39 is 27.9 Å². The molecule has 1 aromatic carbocycles. The van der Waals surface area contributed by atoms with Crippen LogP contribution in [0.2, 0.25) is 0 Å². The average molecular weight is 298 g/mol. The molecule has 1 aliphatic heterocycles. The molecule has 0 saturated heterocycles. The molecule has 0 saturated carbocycles. The van der Waals surface area contributed by atoms with Crippen LogP contribution in [0.5, 0.6) is 0 Å². The van der Waals surface area contributed by atoms with Gasteiger partial charge < -0.3 is 10.8 Å². The maximum atomic E-state index is 12.2. The Balaban J connectivity index is 2.12. The van der Waals surface area contributed by atoms with Crippen LogP contribution in [0.1, 0.15) is 23.2 Å². The van der Waals surface area contributed by atoms with Gasteiger partial charge in [0.1, 0.15) is 10.9 Å². The Morgan fingerprint density at radius 3 is 2.60 bits per heavy atom. The highest BCUT2D eigenvalue weighted by molar-refractivity contribution is 7.90. The Kier molecular flexibility index (Phi) is 3.78. The zero-order valence-corrected chi connectivity index (χ0v) is 11.3. The van der Waals surface area contributed by atoms with Gasteiger partial charge in [0, 0.05) is 6.54 Å². The minimum atomic E-state index is -3.82. The maximum Gasteiger partial charge on any atom is 0.320 e. The summed E-state index contributed by atoms with van der Waals surface area (Å²) in [6, 6.07) is 4.92. The Morgan fingerprint density at radius 1 is 1.35 bits per heavy atom. The second-order valence-corrected chi connectivity index (χ2v) is 6.30. The third kappa shape index (κ3) is 2.39. The van der Waals surface area contributed by atoms with Gasteiger partial charge >= 0.3 is 5.97 Å². The smallest absolute Gasteiger partial charge is 0.320 e. The van der Waals surface area contributed by atoms with Crippen molar-refractivity contribution in [3.63, 3.8) is 0 Å². The van der Waals surface area contributed by atoms with Crippen LogP contribution < -0.4 is 5.73 Å². The summed E-state index contributed by atoms with van der Waals surface area (Å²) < 4.78 is 25.1. The third-order valence-electron chi connectivity index (χ3n) is 3.11. The summed E-state index contributed by atoms with van der Waals surface area (Å²) in [5, 5.41) is 8.65. The average Bonchev–Trinajstić information content (AvgIpc) is 2.60. The van der Waals surface area contributed by atoms with Gasteiger partial charge in [-0.25, -0.2) is 12.7 Å². The number of fused-ring (bicyclic) bond motifs is 1. The van der Waals surface area contributed by atoms with Gasteiger partial charge in [-0.15, -0.1) is 0 Å². The maximum absolute atomic E-state index is 12.2. The third-order valence-corrected chi connectivity index (χ3v) is 4.95. The van der Waals surface area contributed by atoms with Crippen molar-refractivity contribution in [2.24, 2.45) is 5.73 Å². The first-order chi connectivity index (χ1) is 9.35. The normalized spacial score (nSPS) is 17.9. The van der Waals surface area contributed by atoms with E-state index in [1.54, 1.807) is 12.1 Å². The molecule has 8 heteroatoms. The zero-order chi connectivity index (χ0) is 14.9. The Labute approximate surface area is 116 Å². The largest absolute Gasteiger partial charge is 0.480 e. The first-order valence-corrected chi connectivity index (χ1v) is 7.44. The number of rotatable bonds is 5. The van der Waals surface area contributed by atoms with Gasteiger partial charge in [0.2, 0.25) is 0 Å². The Hall–Kier alpha value is -1.93. The van der Waals surface area contributed by atoms with E-state index >= 15 is 0 Å². The van der Waals surface area contributed by atoms with E-state index in [0.717, 1.165) is 4.31 Å². The molecule has 1 heterocycles.